The van der Waals surface area contributed by atoms with Gasteiger partial charge in [0.25, 0.3) is 0 Å². The number of piperidine rings is 1. The molecule has 1 aromatic carbocycles. The van der Waals surface area contributed by atoms with Crippen molar-refractivity contribution in [2.75, 3.05) is 0 Å². The van der Waals surface area contributed by atoms with Crippen molar-refractivity contribution in [2.24, 2.45) is 5.92 Å². The van der Waals surface area contributed by atoms with Gasteiger partial charge in [0.05, 0.1) is 0 Å². The highest BCUT2D eigenvalue weighted by Gasteiger charge is 2.42. The summed E-state index contributed by atoms with van der Waals surface area (Å²) >= 11 is 0. The number of hydrogen-bond donors (Lipinski definition) is 1. The van der Waals surface area contributed by atoms with Crippen LogP contribution in [0.15, 0.2) is 36.9 Å². The molecule has 1 aromatic rings. The molecule has 1 nitrogen and oxygen atoms in total. The van der Waals surface area contributed by atoms with Gasteiger partial charge in [0.1, 0.15) is 0 Å². The Hall–Kier alpha value is -1.08. The third-order valence-corrected chi connectivity index (χ3v) is 4.22. The van der Waals surface area contributed by atoms with Crippen molar-refractivity contribution in [3.05, 3.63) is 48.0 Å². The minimum atomic E-state index is 0.571. The quantitative estimate of drug-likeness (QED) is 0.742. The van der Waals surface area contributed by atoms with Crippen molar-refractivity contribution in [2.45, 2.75) is 37.8 Å². The summed E-state index contributed by atoms with van der Waals surface area (Å²) in [6.07, 6.45) is 4.42. The molecule has 2 bridgehead atoms. The maximum atomic E-state index is 3.88. The molecule has 3 aliphatic rings. The van der Waals surface area contributed by atoms with E-state index in [9.17, 15) is 0 Å². The Balaban J connectivity index is 2.05. The van der Waals surface area contributed by atoms with Gasteiger partial charge in [0.15, 0.2) is 0 Å². The molecule has 2 heterocycles. The Morgan fingerprint density at radius 3 is 2.88 bits per heavy atom. The monoisotopic (exact) mass is 213 g/mol. The van der Waals surface area contributed by atoms with Gasteiger partial charge in [-0.05, 0) is 29.9 Å². The van der Waals surface area contributed by atoms with Crippen molar-refractivity contribution >= 4 is 0 Å². The molecular formula is C15H19N. The van der Waals surface area contributed by atoms with Crippen LogP contribution in [0, 0.1) is 5.92 Å². The molecule has 4 atom stereocenters. The fourth-order valence-corrected chi connectivity index (χ4v) is 3.61. The number of nitrogens with one attached hydrogen (secondary N) is 1. The summed E-state index contributed by atoms with van der Waals surface area (Å²) in [6, 6.07) is 10.1. The second-order valence-electron chi connectivity index (χ2n) is 5.22. The van der Waals surface area contributed by atoms with E-state index in [1.54, 1.807) is 5.56 Å². The van der Waals surface area contributed by atoms with Gasteiger partial charge in [0, 0.05) is 18.0 Å². The van der Waals surface area contributed by atoms with Crippen molar-refractivity contribution in [3.8, 4) is 0 Å². The Kier molecular flexibility index (Phi) is 2.36. The number of fused-ring (bicyclic) bond motifs is 2. The Labute approximate surface area is 97.6 Å². The lowest BCUT2D eigenvalue weighted by Gasteiger charge is -2.48. The predicted molar refractivity (Wildman–Crippen MR) is 67.4 cm³/mol. The largest absolute Gasteiger partial charge is 0.306 e. The summed E-state index contributed by atoms with van der Waals surface area (Å²) in [5.74, 6) is 1.48. The van der Waals surface area contributed by atoms with Crippen LogP contribution in [0.4, 0.5) is 0 Å². The van der Waals surface area contributed by atoms with Crippen molar-refractivity contribution in [3.63, 3.8) is 0 Å². The molecule has 16 heavy (non-hydrogen) atoms. The van der Waals surface area contributed by atoms with Crippen molar-refractivity contribution in [1.29, 1.82) is 0 Å². The normalized spacial score (nSPS) is 35.8. The minimum Gasteiger partial charge on any atom is -0.306 e. The SMILES string of the molecule is C=CCC1NC2CC(C)C1c1ccccc12. The van der Waals surface area contributed by atoms with Gasteiger partial charge in [-0.1, -0.05) is 37.3 Å². The Morgan fingerprint density at radius 2 is 2.12 bits per heavy atom. The molecule has 84 valence electrons. The van der Waals surface area contributed by atoms with Gasteiger partial charge in [0.2, 0.25) is 0 Å². The fraction of sp³-hybridized carbons (Fsp3) is 0.467. The zero-order chi connectivity index (χ0) is 11.1. The molecule has 0 amide bonds. The third kappa shape index (κ3) is 1.35. The highest BCUT2D eigenvalue weighted by Crippen LogP contribution is 2.48. The molecule has 2 aliphatic heterocycles. The van der Waals surface area contributed by atoms with Gasteiger partial charge < -0.3 is 5.32 Å². The molecule has 1 fully saturated rings. The fourth-order valence-electron chi connectivity index (χ4n) is 3.61. The first-order valence-corrected chi connectivity index (χ1v) is 6.27. The van der Waals surface area contributed by atoms with Crippen LogP contribution in [0.25, 0.3) is 0 Å². The molecule has 1 heteroatoms. The first kappa shape index (κ1) is 10.1. The summed E-state index contributed by atoms with van der Waals surface area (Å²) in [6.45, 7) is 6.27. The summed E-state index contributed by atoms with van der Waals surface area (Å²) < 4.78 is 0. The van der Waals surface area contributed by atoms with Crippen LogP contribution in [0.5, 0.6) is 0 Å². The molecule has 0 spiro atoms. The van der Waals surface area contributed by atoms with E-state index < -0.39 is 0 Å². The van der Waals surface area contributed by atoms with Crippen molar-refractivity contribution < 1.29 is 0 Å². The molecule has 0 aromatic heterocycles. The number of rotatable bonds is 2. The summed E-state index contributed by atoms with van der Waals surface area (Å²) in [4.78, 5) is 0. The molecule has 4 rings (SSSR count). The van der Waals surface area contributed by atoms with Crippen LogP contribution in [0.3, 0.4) is 0 Å². The second-order valence-corrected chi connectivity index (χ2v) is 5.22. The second kappa shape index (κ2) is 3.74. The van der Waals surface area contributed by atoms with Crippen LogP contribution < -0.4 is 5.32 Å². The van der Waals surface area contributed by atoms with Crippen LogP contribution in [-0.2, 0) is 0 Å². The smallest absolute Gasteiger partial charge is 0.0328 e. The van der Waals surface area contributed by atoms with Gasteiger partial charge in [-0.2, -0.15) is 0 Å². The van der Waals surface area contributed by atoms with E-state index in [1.807, 2.05) is 6.08 Å². The van der Waals surface area contributed by atoms with Crippen LogP contribution in [0.1, 0.15) is 42.9 Å². The summed E-state index contributed by atoms with van der Waals surface area (Å²) in [5, 5.41) is 3.77. The molecule has 0 saturated carbocycles. The highest BCUT2D eigenvalue weighted by atomic mass is 15.0. The number of hydrogen-bond acceptors (Lipinski definition) is 1. The average molecular weight is 213 g/mol. The van der Waals surface area contributed by atoms with Crippen LogP contribution in [-0.4, -0.2) is 6.04 Å². The maximum absolute atomic E-state index is 3.88. The third-order valence-electron chi connectivity index (χ3n) is 4.22. The topological polar surface area (TPSA) is 12.0 Å². The van der Waals surface area contributed by atoms with Gasteiger partial charge in [-0.3, -0.25) is 0 Å². The maximum Gasteiger partial charge on any atom is 0.0328 e. The standard InChI is InChI=1S/C15H19N/c1-3-6-13-15-10(2)9-14(16-13)11-7-4-5-8-12(11)15/h3-5,7-8,10,13-16H,1,6,9H2,2H3. The average Bonchev–Trinajstić information content (AvgIpc) is 2.29. The van der Waals surface area contributed by atoms with E-state index in [2.05, 4.69) is 43.1 Å². The predicted octanol–water partition coefficient (Wildman–Crippen LogP) is 3.40. The van der Waals surface area contributed by atoms with E-state index in [0.717, 1.165) is 12.3 Å². The zero-order valence-electron chi connectivity index (χ0n) is 9.82. The lowest BCUT2D eigenvalue weighted by Crippen LogP contribution is -2.50. The lowest BCUT2D eigenvalue weighted by molar-refractivity contribution is 0.191. The molecule has 1 saturated heterocycles. The molecule has 1 aliphatic carbocycles. The zero-order valence-corrected chi connectivity index (χ0v) is 9.82. The minimum absolute atomic E-state index is 0.571. The number of benzene rings is 1. The van der Waals surface area contributed by atoms with Crippen molar-refractivity contribution in [1.82, 2.24) is 5.32 Å². The summed E-state index contributed by atoms with van der Waals surface area (Å²) in [7, 11) is 0. The van der Waals surface area contributed by atoms with Crippen LogP contribution >= 0.6 is 0 Å². The van der Waals surface area contributed by atoms with Gasteiger partial charge in [-0.15, -0.1) is 6.58 Å². The Bertz CT molecular complexity index is 410. The summed E-state index contributed by atoms with van der Waals surface area (Å²) in [5.41, 5.74) is 3.11. The molecule has 1 N–H and O–H groups in total. The first-order chi connectivity index (χ1) is 7.81. The molecule has 0 radical (unpaired) electrons. The molecular weight excluding hydrogens is 194 g/mol. The lowest BCUT2D eigenvalue weighted by atomic mass is 9.66. The van der Waals surface area contributed by atoms with E-state index in [0.29, 0.717) is 18.0 Å². The van der Waals surface area contributed by atoms with Gasteiger partial charge >= 0.3 is 0 Å². The van der Waals surface area contributed by atoms with E-state index >= 15 is 0 Å². The van der Waals surface area contributed by atoms with Gasteiger partial charge in [-0.25, -0.2) is 0 Å². The van der Waals surface area contributed by atoms with Crippen LogP contribution in [0.2, 0.25) is 0 Å². The van der Waals surface area contributed by atoms with E-state index in [-0.39, 0.29) is 0 Å². The van der Waals surface area contributed by atoms with E-state index in [1.165, 1.54) is 12.0 Å². The van der Waals surface area contributed by atoms with E-state index in [4.69, 9.17) is 0 Å². The molecule has 4 unspecified atom stereocenters. The Morgan fingerprint density at radius 1 is 1.38 bits per heavy atom. The first-order valence-electron chi connectivity index (χ1n) is 6.27. The highest BCUT2D eigenvalue weighted by molar-refractivity contribution is 5.40.